The van der Waals surface area contributed by atoms with Crippen LogP contribution in [0, 0.1) is 0 Å². The van der Waals surface area contributed by atoms with E-state index in [-0.39, 0.29) is 0 Å². The molecule has 0 atom stereocenters. The summed E-state index contributed by atoms with van der Waals surface area (Å²) < 4.78 is 2.19. The fraction of sp³-hybridized carbons (Fsp3) is 0.667. The molecule has 0 amide bonds. The number of aryl methyl sites for hydroxylation is 1. The summed E-state index contributed by atoms with van der Waals surface area (Å²) in [6.07, 6.45) is 5.47. The first kappa shape index (κ1) is 10.2. The van der Waals surface area contributed by atoms with Crippen molar-refractivity contribution >= 4 is 23.1 Å². The molecular weight excluding hydrogens is 222 g/mol. The maximum absolute atomic E-state index is 2.47. The number of piperidine rings is 1. The molecule has 2 aliphatic heterocycles. The first-order chi connectivity index (χ1) is 7.27. The van der Waals surface area contributed by atoms with E-state index < -0.39 is 0 Å². The lowest BCUT2D eigenvalue weighted by molar-refractivity contribution is 0.231. The minimum absolute atomic E-state index is 0.588. The summed E-state index contributed by atoms with van der Waals surface area (Å²) in [7, 11) is 2.25. The summed E-state index contributed by atoms with van der Waals surface area (Å²) in [5, 5.41) is 2.26. The van der Waals surface area contributed by atoms with Gasteiger partial charge in [-0.15, -0.1) is 23.1 Å². The smallest absolute Gasteiger partial charge is 0.0636 e. The number of fused-ring (bicyclic) bond motifs is 1. The third-order valence-corrected chi connectivity index (χ3v) is 6.54. The Balaban J connectivity index is 1.80. The van der Waals surface area contributed by atoms with Gasteiger partial charge in [0, 0.05) is 4.75 Å². The van der Waals surface area contributed by atoms with E-state index in [4.69, 9.17) is 0 Å². The van der Waals surface area contributed by atoms with Crippen molar-refractivity contribution in [2.45, 2.75) is 34.6 Å². The Hall–Kier alpha value is 0.01000. The number of likely N-dealkylation sites (tertiary alicyclic amines) is 1. The molecule has 1 fully saturated rings. The Kier molecular flexibility index (Phi) is 2.57. The number of thioether (sulfide) groups is 1. The monoisotopic (exact) mass is 239 g/mol. The van der Waals surface area contributed by atoms with Gasteiger partial charge in [0.05, 0.1) is 4.21 Å². The van der Waals surface area contributed by atoms with E-state index in [1.165, 1.54) is 38.8 Å². The molecular formula is C12H17NS2. The molecule has 0 aromatic carbocycles. The number of thiophene rings is 1. The van der Waals surface area contributed by atoms with Gasteiger partial charge in [-0.25, -0.2) is 0 Å². The molecule has 1 aromatic heterocycles. The summed E-state index contributed by atoms with van der Waals surface area (Å²) in [5.74, 6) is 0. The van der Waals surface area contributed by atoms with Crippen molar-refractivity contribution in [3.8, 4) is 0 Å². The second kappa shape index (κ2) is 3.79. The topological polar surface area (TPSA) is 3.24 Å². The lowest BCUT2D eigenvalue weighted by atomic mass is 9.89. The van der Waals surface area contributed by atoms with Crippen LogP contribution in [-0.4, -0.2) is 29.8 Å². The van der Waals surface area contributed by atoms with Crippen LogP contribution in [0.25, 0.3) is 0 Å². The fourth-order valence-electron chi connectivity index (χ4n) is 2.58. The van der Waals surface area contributed by atoms with Crippen LogP contribution in [0.2, 0.25) is 0 Å². The van der Waals surface area contributed by atoms with E-state index in [0.29, 0.717) is 4.75 Å². The Morgan fingerprint density at radius 1 is 1.27 bits per heavy atom. The molecule has 0 aliphatic carbocycles. The van der Waals surface area contributed by atoms with Crippen molar-refractivity contribution in [3.05, 3.63) is 17.0 Å². The van der Waals surface area contributed by atoms with Crippen LogP contribution < -0.4 is 0 Å². The zero-order chi connectivity index (χ0) is 10.3. The molecule has 3 rings (SSSR count). The molecule has 15 heavy (non-hydrogen) atoms. The summed E-state index contributed by atoms with van der Waals surface area (Å²) >= 11 is 4.12. The van der Waals surface area contributed by atoms with Crippen molar-refractivity contribution in [1.29, 1.82) is 0 Å². The zero-order valence-electron chi connectivity index (χ0n) is 9.16. The largest absolute Gasteiger partial charge is 0.306 e. The quantitative estimate of drug-likeness (QED) is 0.684. The van der Waals surface area contributed by atoms with Gasteiger partial charge in [-0.1, -0.05) is 0 Å². The Labute approximate surface area is 99.9 Å². The van der Waals surface area contributed by atoms with Crippen LogP contribution in [0.15, 0.2) is 15.7 Å². The van der Waals surface area contributed by atoms with Crippen molar-refractivity contribution < 1.29 is 0 Å². The summed E-state index contributed by atoms with van der Waals surface area (Å²) in [6.45, 7) is 2.57. The molecule has 1 spiro atoms. The molecule has 0 radical (unpaired) electrons. The van der Waals surface area contributed by atoms with Crippen LogP contribution in [0.4, 0.5) is 0 Å². The highest BCUT2D eigenvalue weighted by Gasteiger charge is 2.38. The number of rotatable bonds is 0. The van der Waals surface area contributed by atoms with E-state index in [9.17, 15) is 0 Å². The Morgan fingerprint density at radius 2 is 2.07 bits per heavy atom. The number of hydrogen-bond acceptors (Lipinski definition) is 3. The first-order valence-corrected chi connectivity index (χ1v) is 7.41. The third kappa shape index (κ3) is 1.85. The summed E-state index contributed by atoms with van der Waals surface area (Å²) in [6, 6.07) is 2.31. The molecule has 0 bridgehead atoms. The molecule has 1 aromatic rings. The van der Waals surface area contributed by atoms with Crippen molar-refractivity contribution in [3.63, 3.8) is 0 Å². The molecule has 2 aliphatic rings. The highest BCUT2D eigenvalue weighted by molar-refractivity contribution is 8.02. The Bertz CT molecular complexity index is 350. The lowest BCUT2D eigenvalue weighted by Crippen LogP contribution is -2.41. The van der Waals surface area contributed by atoms with Crippen LogP contribution in [0.5, 0.6) is 0 Å². The molecule has 0 unspecified atom stereocenters. The molecule has 1 nitrogen and oxygen atoms in total. The maximum Gasteiger partial charge on any atom is 0.0636 e. The average Bonchev–Trinajstić information content (AvgIpc) is 2.70. The van der Waals surface area contributed by atoms with E-state index in [1.807, 2.05) is 11.3 Å². The summed E-state index contributed by atoms with van der Waals surface area (Å²) in [4.78, 5) is 2.47. The fourth-order valence-corrected chi connectivity index (χ4v) is 5.44. The summed E-state index contributed by atoms with van der Waals surface area (Å²) in [5.41, 5.74) is 1.61. The van der Waals surface area contributed by atoms with Crippen molar-refractivity contribution in [2.75, 3.05) is 20.1 Å². The van der Waals surface area contributed by atoms with Gasteiger partial charge in [-0.05, 0) is 62.8 Å². The third-order valence-electron chi connectivity index (χ3n) is 3.76. The molecule has 82 valence electrons. The minimum atomic E-state index is 0.588. The first-order valence-electron chi connectivity index (χ1n) is 5.71. The van der Waals surface area contributed by atoms with Gasteiger partial charge in [0.25, 0.3) is 0 Å². The molecule has 3 heteroatoms. The Morgan fingerprint density at radius 3 is 2.87 bits per heavy atom. The molecule has 0 saturated carbocycles. The predicted molar refractivity (Wildman–Crippen MR) is 68.0 cm³/mol. The van der Waals surface area contributed by atoms with Gasteiger partial charge in [-0.3, -0.25) is 0 Å². The highest BCUT2D eigenvalue weighted by atomic mass is 32.2. The SMILES string of the molecule is CN1CCC2(CCc3ccsc3S2)CC1. The lowest BCUT2D eigenvalue weighted by Gasteiger charge is -2.42. The maximum atomic E-state index is 2.47. The van der Waals surface area contributed by atoms with Crippen LogP contribution in [0.1, 0.15) is 24.8 Å². The van der Waals surface area contributed by atoms with E-state index in [1.54, 1.807) is 9.77 Å². The van der Waals surface area contributed by atoms with Gasteiger partial charge in [0.2, 0.25) is 0 Å². The van der Waals surface area contributed by atoms with Gasteiger partial charge in [0.15, 0.2) is 0 Å². The van der Waals surface area contributed by atoms with E-state index in [0.717, 1.165) is 0 Å². The van der Waals surface area contributed by atoms with E-state index in [2.05, 4.69) is 35.2 Å². The molecule has 1 saturated heterocycles. The number of nitrogens with zero attached hydrogens (tertiary/aromatic N) is 1. The van der Waals surface area contributed by atoms with Gasteiger partial charge >= 0.3 is 0 Å². The predicted octanol–water partition coefficient (Wildman–Crippen LogP) is 3.25. The van der Waals surface area contributed by atoms with Gasteiger partial charge in [-0.2, -0.15) is 0 Å². The normalized spacial score (nSPS) is 25.4. The van der Waals surface area contributed by atoms with Gasteiger partial charge < -0.3 is 4.90 Å². The second-order valence-electron chi connectivity index (χ2n) is 4.82. The highest BCUT2D eigenvalue weighted by Crippen LogP contribution is 2.50. The van der Waals surface area contributed by atoms with E-state index >= 15 is 0 Å². The van der Waals surface area contributed by atoms with Crippen LogP contribution >= 0.6 is 23.1 Å². The minimum Gasteiger partial charge on any atom is -0.306 e. The second-order valence-corrected chi connectivity index (χ2v) is 7.47. The molecule has 0 N–H and O–H groups in total. The molecule has 3 heterocycles. The zero-order valence-corrected chi connectivity index (χ0v) is 10.8. The average molecular weight is 239 g/mol. The van der Waals surface area contributed by atoms with Gasteiger partial charge in [0.1, 0.15) is 0 Å². The van der Waals surface area contributed by atoms with Crippen molar-refractivity contribution in [2.24, 2.45) is 0 Å². The van der Waals surface area contributed by atoms with Crippen LogP contribution in [0.3, 0.4) is 0 Å². The van der Waals surface area contributed by atoms with Crippen molar-refractivity contribution in [1.82, 2.24) is 4.90 Å². The standard InChI is InChI=1S/C12H17NS2/c1-13-7-5-12(6-8-13)4-2-10-3-9-14-11(10)15-12/h3,9H,2,4-8H2,1H3. The number of hydrogen-bond donors (Lipinski definition) is 0. The van der Waals surface area contributed by atoms with Crippen LogP contribution in [-0.2, 0) is 6.42 Å².